The minimum absolute atomic E-state index is 0.316. The first-order valence-electron chi connectivity index (χ1n) is 7.25. The van der Waals surface area contributed by atoms with E-state index in [9.17, 15) is 9.59 Å². The molecule has 2 aromatic carbocycles. The molecule has 23 heavy (non-hydrogen) atoms. The maximum absolute atomic E-state index is 11.8. The molecule has 3 rings (SSSR count). The zero-order valence-electron chi connectivity index (χ0n) is 12.6. The lowest BCUT2D eigenvalue weighted by Crippen LogP contribution is -2.15. The van der Waals surface area contributed by atoms with Gasteiger partial charge in [-0.2, -0.15) is 0 Å². The summed E-state index contributed by atoms with van der Waals surface area (Å²) < 4.78 is 0. The quantitative estimate of drug-likeness (QED) is 0.725. The first-order valence-corrected chi connectivity index (χ1v) is 7.25. The summed E-state index contributed by atoms with van der Waals surface area (Å²) in [4.78, 5) is 23.4. The van der Waals surface area contributed by atoms with Crippen molar-refractivity contribution in [3.8, 4) is 11.1 Å². The third kappa shape index (κ3) is 2.66. The highest BCUT2D eigenvalue weighted by Gasteiger charge is 2.23. The molecule has 0 saturated heterocycles. The number of hydrogen-bond donors (Lipinski definition) is 2. The van der Waals surface area contributed by atoms with Crippen LogP contribution in [0.4, 0.5) is 11.4 Å². The molecule has 4 nitrogen and oxygen atoms in total. The van der Waals surface area contributed by atoms with Crippen LogP contribution in [0.5, 0.6) is 0 Å². The highest BCUT2D eigenvalue weighted by molar-refractivity contribution is 6.08. The van der Waals surface area contributed by atoms with Gasteiger partial charge in [-0.25, -0.2) is 0 Å². The van der Waals surface area contributed by atoms with E-state index in [1.807, 2.05) is 18.2 Å². The van der Waals surface area contributed by atoms with Gasteiger partial charge in [-0.05, 0) is 40.5 Å². The van der Waals surface area contributed by atoms with E-state index in [0.29, 0.717) is 17.8 Å². The fourth-order valence-electron chi connectivity index (χ4n) is 2.82. The molecule has 0 spiro atoms. The van der Waals surface area contributed by atoms with Gasteiger partial charge in [-0.15, -0.1) is 0 Å². The predicted molar refractivity (Wildman–Crippen MR) is 92.3 cm³/mol. The Morgan fingerprint density at radius 1 is 0.913 bits per heavy atom. The molecule has 0 aromatic heterocycles. The van der Waals surface area contributed by atoms with Crippen LogP contribution in [0.2, 0.25) is 0 Å². The van der Waals surface area contributed by atoms with Gasteiger partial charge < -0.3 is 10.6 Å². The number of hydrogen-bond acceptors (Lipinski definition) is 2. The van der Waals surface area contributed by atoms with Gasteiger partial charge >= 0.3 is 0 Å². The number of nitrogens with one attached hydrogen (secondary N) is 2. The van der Waals surface area contributed by atoms with Crippen LogP contribution in [0.15, 0.2) is 61.7 Å². The van der Waals surface area contributed by atoms with Gasteiger partial charge in [0, 0.05) is 6.42 Å². The van der Waals surface area contributed by atoms with Crippen molar-refractivity contribution in [1.29, 1.82) is 0 Å². The molecule has 1 aliphatic rings. The van der Waals surface area contributed by atoms with Crippen molar-refractivity contribution in [2.45, 2.75) is 6.42 Å². The zero-order valence-corrected chi connectivity index (χ0v) is 12.6. The molecule has 0 heterocycles. The van der Waals surface area contributed by atoms with E-state index in [2.05, 4.69) is 35.9 Å². The van der Waals surface area contributed by atoms with Crippen molar-refractivity contribution in [3.63, 3.8) is 0 Å². The Morgan fingerprint density at radius 3 is 2.35 bits per heavy atom. The number of fused-ring (bicyclic) bond motifs is 3. The third-order valence-corrected chi connectivity index (χ3v) is 3.86. The molecule has 0 radical (unpaired) electrons. The number of carbonyl (C=O) groups is 2. The zero-order chi connectivity index (χ0) is 16.4. The smallest absolute Gasteiger partial charge is 0.247 e. The van der Waals surface area contributed by atoms with Gasteiger partial charge in [0.1, 0.15) is 0 Å². The second kappa shape index (κ2) is 5.93. The summed E-state index contributed by atoms with van der Waals surface area (Å²) in [7, 11) is 0. The fourth-order valence-corrected chi connectivity index (χ4v) is 2.82. The molecule has 0 bridgehead atoms. The Hall–Kier alpha value is -3.14. The summed E-state index contributed by atoms with van der Waals surface area (Å²) >= 11 is 0. The van der Waals surface area contributed by atoms with Gasteiger partial charge in [-0.3, -0.25) is 9.59 Å². The summed E-state index contributed by atoms with van der Waals surface area (Å²) in [5.74, 6) is -0.641. The van der Waals surface area contributed by atoms with Crippen LogP contribution in [-0.2, 0) is 16.0 Å². The van der Waals surface area contributed by atoms with Crippen molar-refractivity contribution >= 4 is 23.2 Å². The van der Waals surface area contributed by atoms with E-state index >= 15 is 0 Å². The first kappa shape index (κ1) is 14.8. The average molecular weight is 304 g/mol. The Kier molecular flexibility index (Phi) is 3.81. The molecule has 114 valence electrons. The van der Waals surface area contributed by atoms with E-state index in [1.54, 1.807) is 6.07 Å². The summed E-state index contributed by atoms with van der Waals surface area (Å²) in [5.41, 5.74) is 5.57. The lowest BCUT2D eigenvalue weighted by molar-refractivity contribution is -0.112. The number of amides is 2. The normalized spacial score (nSPS) is 11.1. The van der Waals surface area contributed by atoms with E-state index in [4.69, 9.17) is 0 Å². The van der Waals surface area contributed by atoms with Gasteiger partial charge in [0.15, 0.2) is 0 Å². The molecule has 2 amide bonds. The largest absolute Gasteiger partial charge is 0.321 e. The number of anilines is 2. The van der Waals surface area contributed by atoms with Gasteiger partial charge in [-0.1, -0.05) is 43.5 Å². The Balaban J connectivity index is 2.12. The lowest BCUT2D eigenvalue weighted by atomic mass is 10.0. The monoisotopic (exact) mass is 304 g/mol. The van der Waals surface area contributed by atoms with Crippen LogP contribution in [-0.4, -0.2) is 11.8 Å². The lowest BCUT2D eigenvalue weighted by Gasteiger charge is -2.15. The van der Waals surface area contributed by atoms with Crippen LogP contribution >= 0.6 is 0 Å². The molecular formula is C19H16N2O2. The highest BCUT2D eigenvalue weighted by Crippen LogP contribution is 2.43. The van der Waals surface area contributed by atoms with Crippen LogP contribution < -0.4 is 10.6 Å². The van der Waals surface area contributed by atoms with Crippen LogP contribution in [0.25, 0.3) is 11.1 Å². The average Bonchev–Trinajstić information content (AvgIpc) is 2.95. The highest BCUT2D eigenvalue weighted by atomic mass is 16.2. The van der Waals surface area contributed by atoms with E-state index in [1.165, 1.54) is 17.7 Å². The first-order chi connectivity index (χ1) is 11.1. The number of carbonyl (C=O) groups excluding carboxylic acids is 2. The summed E-state index contributed by atoms with van der Waals surface area (Å²) in [6, 6.07) is 11.9. The molecule has 2 aromatic rings. The second-order valence-electron chi connectivity index (χ2n) is 5.23. The van der Waals surface area contributed by atoms with Crippen molar-refractivity contribution in [3.05, 3.63) is 72.8 Å². The van der Waals surface area contributed by atoms with E-state index < -0.39 is 0 Å². The Labute approximate surface area is 134 Å². The Bertz CT molecular complexity index is 837. The molecule has 0 atom stereocenters. The second-order valence-corrected chi connectivity index (χ2v) is 5.23. The van der Waals surface area contributed by atoms with Crippen molar-refractivity contribution in [1.82, 2.24) is 0 Å². The SMILES string of the molecule is C=CC(=O)Nc1ccc2c(c1NC(=O)C=C)Cc1ccccc1-2. The molecule has 0 saturated carbocycles. The maximum atomic E-state index is 11.8. The number of rotatable bonds is 4. The van der Waals surface area contributed by atoms with Crippen molar-refractivity contribution in [2.24, 2.45) is 0 Å². The van der Waals surface area contributed by atoms with Crippen molar-refractivity contribution < 1.29 is 9.59 Å². The standard InChI is InChI=1S/C19H16N2O2/c1-3-17(22)20-16-10-9-14-13-8-6-5-7-12(13)11-15(14)19(16)21-18(23)4-2/h3-10H,1-2,11H2,(H,20,22)(H,21,23). The minimum Gasteiger partial charge on any atom is -0.321 e. The Morgan fingerprint density at radius 2 is 1.61 bits per heavy atom. The molecule has 0 aliphatic heterocycles. The van der Waals surface area contributed by atoms with Gasteiger partial charge in [0.25, 0.3) is 0 Å². The minimum atomic E-state index is -0.324. The molecular weight excluding hydrogens is 288 g/mol. The van der Waals surface area contributed by atoms with Gasteiger partial charge in [0.2, 0.25) is 11.8 Å². The van der Waals surface area contributed by atoms with Crippen LogP contribution in [0.1, 0.15) is 11.1 Å². The van der Waals surface area contributed by atoms with Crippen LogP contribution in [0.3, 0.4) is 0 Å². The van der Waals surface area contributed by atoms with Crippen LogP contribution in [0, 0.1) is 0 Å². The van der Waals surface area contributed by atoms with E-state index in [0.717, 1.165) is 16.7 Å². The van der Waals surface area contributed by atoms with Crippen molar-refractivity contribution in [2.75, 3.05) is 10.6 Å². The summed E-state index contributed by atoms with van der Waals surface area (Å²) in [5, 5.41) is 5.56. The molecule has 0 unspecified atom stereocenters. The molecule has 0 fully saturated rings. The van der Waals surface area contributed by atoms with Gasteiger partial charge in [0.05, 0.1) is 11.4 Å². The number of benzene rings is 2. The van der Waals surface area contributed by atoms with E-state index in [-0.39, 0.29) is 11.8 Å². The molecule has 4 heteroatoms. The summed E-state index contributed by atoms with van der Waals surface area (Å²) in [6.45, 7) is 6.93. The topological polar surface area (TPSA) is 58.2 Å². The predicted octanol–water partition coefficient (Wildman–Crippen LogP) is 3.51. The fraction of sp³-hybridized carbons (Fsp3) is 0.0526. The summed E-state index contributed by atoms with van der Waals surface area (Å²) in [6.07, 6.45) is 3.11. The maximum Gasteiger partial charge on any atom is 0.247 e. The third-order valence-electron chi connectivity index (χ3n) is 3.86. The molecule has 1 aliphatic carbocycles. The molecule has 2 N–H and O–H groups in total.